The standard InChI is InChI=1S/C33H33F5N6O6S/c1-42-9-2-10-43(12-11-42)23-3-5-26(29(18-23)39-22-7-13-49-14-8-22)31(45)44(50-32(46)33(36,37)38)30-27-19-24(4-6-28(27)40-41-30)51(47,48)25-16-20(34)15-21(35)17-25/h3-6,15-19,22,39H,2,7-14H2,1H3,(H,40,41). The number of hydrogen-bond acceptors (Lipinski definition) is 10. The highest BCUT2D eigenvalue weighted by Crippen LogP contribution is 2.34. The zero-order chi connectivity index (χ0) is 36.5. The molecule has 0 bridgehead atoms. The maximum atomic E-state index is 14.3. The maximum absolute atomic E-state index is 14.3. The summed E-state index contributed by atoms with van der Waals surface area (Å²) in [4.78, 5) is 34.3. The molecular weight excluding hydrogens is 703 g/mol. The van der Waals surface area contributed by atoms with E-state index in [2.05, 4.69) is 30.2 Å². The zero-order valence-electron chi connectivity index (χ0n) is 27.2. The summed E-state index contributed by atoms with van der Waals surface area (Å²) in [7, 11) is -2.59. The molecule has 2 N–H and O–H groups in total. The van der Waals surface area contributed by atoms with Crippen LogP contribution in [0.4, 0.5) is 39.1 Å². The van der Waals surface area contributed by atoms with Gasteiger partial charge in [-0.2, -0.15) is 18.3 Å². The number of aromatic nitrogens is 2. The van der Waals surface area contributed by atoms with Gasteiger partial charge in [0.2, 0.25) is 15.7 Å². The lowest BCUT2D eigenvalue weighted by atomic mass is 10.1. The normalized spacial score (nSPS) is 16.5. The maximum Gasteiger partial charge on any atom is 0.493 e. The molecule has 51 heavy (non-hydrogen) atoms. The third kappa shape index (κ3) is 7.92. The zero-order valence-corrected chi connectivity index (χ0v) is 28.0. The van der Waals surface area contributed by atoms with Crippen LogP contribution >= 0.6 is 0 Å². The van der Waals surface area contributed by atoms with Crippen LogP contribution in [0.25, 0.3) is 10.9 Å². The first kappa shape index (κ1) is 36.0. The molecule has 18 heteroatoms. The fourth-order valence-electron chi connectivity index (χ4n) is 5.95. The molecular formula is C33H33F5N6O6S. The fraction of sp³-hybridized carbons (Fsp3) is 0.364. The van der Waals surface area contributed by atoms with Crippen LogP contribution in [0.3, 0.4) is 0 Å². The van der Waals surface area contributed by atoms with Crippen LogP contribution in [0.15, 0.2) is 64.4 Å². The van der Waals surface area contributed by atoms with E-state index in [4.69, 9.17) is 4.74 Å². The molecule has 272 valence electrons. The summed E-state index contributed by atoms with van der Waals surface area (Å²) in [5.41, 5.74) is 0.884. The number of hydrogen-bond donors (Lipinski definition) is 2. The highest BCUT2D eigenvalue weighted by molar-refractivity contribution is 7.91. The van der Waals surface area contributed by atoms with E-state index >= 15 is 0 Å². The minimum absolute atomic E-state index is 0.0391. The van der Waals surface area contributed by atoms with Crippen molar-refractivity contribution in [3.63, 3.8) is 0 Å². The summed E-state index contributed by atoms with van der Waals surface area (Å²) in [6.07, 6.45) is -3.50. The van der Waals surface area contributed by atoms with E-state index in [0.29, 0.717) is 50.8 Å². The van der Waals surface area contributed by atoms with E-state index in [1.807, 2.05) is 7.05 Å². The summed E-state index contributed by atoms with van der Waals surface area (Å²) in [5.74, 6) is -6.96. The number of aromatic amines is 1. The van der Waals surface area contributed by atoms with Gasteiger partial charge in [0.1, 0.15) is 11.6 Å². The van der Waals surface area contributed by atoms with Crippen LogP contribution in [-0.4, -0.2) is 94.1 Å². The molecule has 0 unspecified atom stereocenters. The lowest BCUT2D eigenvalue weighted by Crippen LogP contribution is -2.39. The summed E-state index contributed by atoms with van der Waals surface area (Å²) in [6, 6.07) is 9.49. The van der Waals surface area contributed by atoms with Gasteiger partial charge in [0.25, 0.3) is 5.91 Å². The fourth-order valence-corrected chi connectivity index (χ4v) is 7.28. The molecule has 2 aliphatic rings. The number of carbonyl (C=O) groups is 2. The van der Waals surface area contributed by atoms with Crippen LogP contribution in [0.1, 0.15) is 29.6 Å². The Morgan fingerprint density at radius 1 is 0.961 bits per heavy atom. The van der Waals surface area contributed by atoms with E-state index in [1.165, 1.54) is 12.1 Å². The minimum atomic E-state index is -5.53. The number of carbonyl (C=O) groups excluding carboxylic acids is 2. The number of benzene rings is 3. The molecule has 0 radical (unpaired) electrons. The van der Waals surface area contributed by atoms with Crippen molar-refractivity contribution < 1.29 is 49.5 Å². The monoisotopic (exact) mass is 736 g/mol. The predicted molar refractivity (Wildman–Crippen MR) is 175 cm³/mol. The van der Waals surface area contributed by atoms with Crippen LogP contribution in [0.2, 0.25) is 0 Å². The molecule has 3 heterocycles. The van der Waals surface area contributed by atoms with Gasteiger partial charge in [-0.05, 0) is 81.4 Å². The van der Waals surface area contributed by atoms with Gasteiger partial charge in [-0.15, -0.1) is 5.06 Å². The number of halogens is 5. The number of amides is 1. The Labute approximate surface area is 289 Å². The lowest BCUT2D eigenvalue weighted by Gasteiger charge is -2.28. The Balaban J connectivity index is 1.44. The largest absolute Gasteiger partial charge is 0.493 e. The quantitative estimate of drug-likeness (QED) is 0.196. The Morgan fingerprint density at radius 3 is 2.39 bits per heavy atom. The highest BCUT2D eigenvalue weighted by Gasteiger charge is 2.45. The summed E-state index contributed by atoms with van der Waals surface area (Å²) in [6.45, 7) is 3.96. The molecule has 0 spiro atoms. The van der Waals surface area contributed by atoms with Gasteiger partial charge >= 0.3 is 12.1 Å². The third-order valence-corrected chi connectivity index (χ3v) is 10.4. The van der Waals surface area contributed by atoms with Crippen molar-refractivity contribution in [2.45, 2.75) is 41.3 Å². The predicted octanol–water partition coefficient (Wildman–Crippen LogP) is 5.07. The van der Waals surface area contributed by atoms with Crippen LogP contribution < -0.4 is 15.3 Å². The number of alkyl halides is 3. The highest BCUT2D eigenvalue weighted by atomic mass is 32.2. The van der Waals surface area contributed by atoms with Crippen molar-refractivity contribution in [1.29, 1.82) is 0 Å². The number of hydroxylamine groups is 1. The Bertz CT molecular complexity index is 2030. The van der Waals surface area contributed by atoms with Gasteiger partial charge in [0.05, 0.1) is 20.9 Å². The molecule has 12 nitrogen and oxygen atoms in total. The third-order valence-electron chi connectivity index (χ3n) is 8.65. The summed E-state index contributed by atoms with van der Waals surface area (Å²) in [5, 5.41) is 9.54. The molecule has 1 amide bonds. The average Bonchev–Trinajstić information content (AvgIpc) is 3.38. The van der Waals surface area contributed by atoms with Crippen molar-refractivity contribution in [2.24, 2.45) is 0 Å². The summed E-state index contributed by atoms with van der Waals surface area (Å²) < 4.78 is 101. The average molecular weight is 737 g/mol. The van der Waals surface area contributed by atoms with Crippen LogP contribution in [0.5, 0.6) is 0 Å². The number of nitrogens with zero attached hydrogens (tertiary/aromatic N) is 4. The molecule has 0 aliphatic carbocycles. The van der Waals surface area contributed by atoms with Gasteiger partial charge in [-0.3, -0.25) is 9.89 Å². The summed E-state index contributed by atoms with van der Waals surface area (Å²) >= 11 is 0. The molecule has 6 rings (SSSR count). The van der Waals surface area contributed by atoms with Gasteiger partial charge in [0.15, 0.2) is 0 Å². The molecule has 1 aromatic heterocycles. The number of sulfone groups is 1. The number of anilines is 3. The first-order chi connectivity index (χ1) is 24.2. The first-order valence-corrected chi connectivity index (χ1v) is 17.4. The van der Waals surface area contributed by atoms with E-state index in [1.54, 1.807) is 12.1 Å². The van der Waals surface area contributed by atoms with Gasteiger partial charge in [-0.1, -0.05) is 0 Å². The Hall–Kier alpha value is -4.81. The second-order valence-electron chi connectivity index (χ2n) is 12.2. The molecule has 2 saturated heterocycles. The van der Waals surface area contributed by atoms with E-state index in [-0.39, 0.29) is 33.3 Å². The number of ether oxygens (including phenoxy) is 1. The van der Waals surface area contributed by atoms with Crippen molar-refractivity contribution in [3.8, 4) is 0 Å². The minimum Gasteiger partial charge on any atom is -0.381 e. The van der Waals surface area contributed by atoms with Crippen LogP contribution in [0, 0.1) is 11.6 Å². The number of rotatable bonds is 7. The molecule has 2 aliphatic heterocycles. The lowest BCUT2D eigenvalue weighted by molar-refractivity contribution is -0.200. The molecule has 3 aromatic carbocycles. The van der Waals surface area contributed by atoms with E-state index in [0.717, 1.165) is 43.9 Å². The smallest absolute Gasteiger partial charge is 0.381 e. The molecule has 2 fully saturated rings. The number of fused-ring (bicyclic) bond motifs is 1. The topological polar surface area (TPSA) is 137 Å². The van der Waals surface area contributed by atoms with E-state index < -0.39 is 55.1 Å². The van der Waals surface area contributed by atoms with Crippen molar-refractivity contribution >= 4 is 49.8 Å². The molecule has 0 atom stereocenters. The molecule has 4 aromatic rings. The number of H-pyrrole nitrogens is 1. The van der Waals surface area contributed by atoms with Crippen molar-refractivity contribution in [2.75, 3.05) is 61.7 Å². The van der Waals surface area contributed by atoms with Crippen molar-refractivity contribution in [1.82, 2.24) is 15.1 Å². The van der Waals surface area contributed by atoms with Crippen LogP contribution in [-0.2, 0) is 24.2 Å². The first-order valence-electron chi connectivity index (χ1n) is 16.0. The Morgan fingerprint density at radius 2 is 1.69 bits per heavy atom. The van der Waals surface area contributed by atoms with Gasteiger partial charge in [-0.25, -0.2) is 22.0 Å². The number of nitrogens with one attached hydrogen (secondary N) is 2. The van der Waals surface area contributed by atoms with Gasteiger partial charge in [0, 0.05) is 61.7 Å². The SMILES string of the molecule is CN1CCCN(c2ccc(C(=O)N(OC(=O)C(F)(F)F)c3n[nH]c4ccc(S(=O)(=O)c5cc(F)cc(F)c5)cc34)c(NC3CCOCC3)c2)CC1. The second kappa shape index (κ2) is 14.4. The number of likely N-dealkylation sites (N-methyl/N-ethyl adjacent to an activating group) is 1. The van der Waals surface area contributed by atoms with E-state index in [9.17, 15) is 40.0 Å². The van der Waals surface area contributed by atoms with Crippen molar-refractivity contribution in [3.05, 3.63) is 71.8 Å². The van der Waals surface area contributed by atoms with Gasteiger partial charge < -0.3 is 24.7 Å². The molecule has 0 saturated carbocycles. The Kier molecular flexibility index (Phi) is 10.2. The second-order valence-corrected chi connectivity index (χ2v) is 14.2.